The van der Waals surface area contributed by atoms with Crippen molar-refractivity contribution < 1.29 is 0 Å². The molecule has 0 unspecified atom stereocenters. The van der Waals surface area contributed by atoms with E-state index in [2.05, 4.69) is 23.7 Å². The van der Waals surface area contributed by atoms with E-state index in [1.54, 1.807) is 16.7 Å². The summed E-state index contributed by atoms with van der Waals surface area (Å²) >= 11 is 5.67. The molecular formula is C9H7NS2. The van der Waals surface area contributed by atoms with Crippen LogP contribution in [0.25, 0.3) is 16.3 Å². The number of hydrogen-bond acceptors (Lipinski definition) is 3. The zero-order valence-electron chi connectivity index (χ0n) is 6.27. The molecule has 2 aromatic rings. The molecule has 0 bridgehead atoms. The molecule has 0 amide bonds. The molecule has 0 fully saturated rings. The molecule has 3 heteroatoms. The Labute approximate surface area is 80.2 Å². The molecule has 0 atom stereocenters. The predicted octanol–water partition coefficient (Wildman–Crippen LogP) is 3.20. The summed E-state index contributed by atoms with van der Waals surface area (Å²) in [6, 6.07) is 8.11. The molecule has 0 aliphatic rings. The first-order valence-corrected chi connectivity index (χ1v) is 4.90. The van der Waals surface area contributed by atoms with E-state index in [4.69, 9.17) is 0 Å². The molecule has 0 spiro atoms. The van der Waals surface area contributed by atoms with Gasteiger partial charge in [-0.3, -0.25) is 0 Å². The van der Waals surface area contributed by atoms with Crippen LogP contribution in [0.2, 0.25) is 0 Å². The number of thiol groups is 1. The highest BCUT2D eigenvalue weighted by Gasteiger charge is 1.97. The van der Waals surface area contributed by atoms with Crippen LogP contribution >= 0.6 is 24.0 Å². The molecule has 0 radical (unpaired) electrons. The zero-order valence-corrected chi connectivity index (χ0v) is 7.98. The smallest absolute Gasteiger partial charge is 0.117 e. The second-order valence-electron chi connectivity index (χ2n) is 2.34. The molecule has 60 valence electrons. The van der Waals surface area contributed by atoms with Gasteiger partial charge in [-0.25, -0.2) is 4.98 Å². The number of aromatic nitrogens is 1. The van der Waals surface area contributed by atoms with Crippen LogP contribution < -0.4 is 0 Å². The summed E-state index contributed by atoms with van der Waals surface area (Å²) in [7, 11) is 0. The van der Waals surface area contributed by atoms with Gasteiger partial charge in [-0.05, 0) is 23.6 Å². The van der Waals surface area contributed by atoms with Gasteiger partial charge < -0.3 is 0 Å². The topological polar surface area (TPSA) is 12.9 Å². The molecule has 12 heavy (non-hydrogen) atoms. The Hall–Kier alpha value is -0.800. The molecule has 1 aromatic heterocycles. The monoisotopic (exact) mass is 193 g/mol. The standard InChI is InChI=1S/C9H7NS2/c11-6-5-9-10-7-3-1-2-4-8(7)12-9/h1-6,11H/b6-5+. The van der Waals surface area contributed by atoms with Gasteiger partial charge in [0.1, 0.15) is 5.01 Å². The van der Waals surface area contributed by atoms with Crippen LogP contribution in [-0.2, 0) is 0 Å². The number of thiazole rings is 1. The normalized spacial score (nSPS) is 11.4. The minimum absolute atomic E-state index is 1.01. The lowest BCUT2D eigenvalue weighted by Gasteiger charge is -1.80. The molecule has 2 rings (SSSR count). The number of rotatable bonds is 1. The number of nitrogens with zero attached hydrogens (tertiary/aromatic N) is 1. The maximum Gasteiger partial charge on any atom is 0.117 e. The molecule has 1 nitrogen and oxygen atoms in total. The third-order valence-corrected chi connectivity index (χ3v) is 2.68. The van der Waals surface area contributed by atoms with Crippen LogP contribution in [0.1, 0.15) is 5.01 Å². The molecule has 0 N–H and O–H groups in total. The largest absolute Gasteiger partial charge is 0.237 e. The lowest BCUT2D eigenvalue weighted by atomic mass is 10.3. The maximum atomic E-state index is 4.39. The van der Waals surface area contributed by atoms with Crippen molar-refractivity contribution >= 4 is 40.3 Å². The van der Waals surface area contributed by atoms with E-state index in [1.165, 1.54) is 4.70 Å². The average Bonchev–Trinajstić information content (AvgIpc) is 2.47. The summed E-state index contributed by atoms with van der Waals surface area (Å²) in [4.78, 5) is 4.39. The second-order valence-corrected chi connectivity index (χ2v) is 3.70. The zero-order chi connectivity index (χ0) is 8.39. The summed E-state index contributed by atoms with van der Waals surface area (Å²) in [6.45, 7) is 0. The molecule has 1 heterocycles. The van der Waals surface area contributed by atoms with Gasteiger partial charge in [0, 0.05) is 0 Å². The number of benzene rings is 1. The van der Waals surface area contributed by atoms with Crippen LogP contribution in [0, 0.1) is 0 Å². The van der Waals surface area contributed by atoms with Crippen LogP contribution in [0.15, 0.2) is 29.7 Å². The summed E-state index contributed by atoms with van der Waals surface area (Å²) in [5, 5.41) is 2.71. The summed E-state index contributed by atoms with van der Waals surface area (Å²) in [6.07, 6.45) is 1.90. The van der Waals surface area contributed by atoms with Gasteiger partial charge in [0.05, 0.1) is 10.2 Å². The van der Waals surface area contributed by atoms with Crippen molar-refractivity contribution in [3.63, 3.8) is 0 Å². The van der Waals surface area contributed by atoms with Gasteiger partial charge in [0.2, 0.25) is 0 Å². The Morgan fingerprint density at radius 1 is 1.33 bits per heavy atom. The molecule has 1 aromatic carbocycles. The van der Waals surface area contributed by atoms with Crippen LogP contribution in [0.5, 0.6) is 0 Å². The first kappa shape index (κ1) is 7.83. The third kappa shape index (κ3) is 1.38. The highest BCUT2D eigenvalue weighted by molar-refractivity contribution is 7.83. The Kier molecular flexibility index (Phi) is 2.15. The van der Waals surface area contributed by atoms with E-state index in [0.29, 0.717) is 0 Å². The van der Waals surface area contributed by atoms with E-state index in [1.807, 2.05) is 24.3 Å². The predicted molar refractivity (Wildman–Crippen MR) is 57.6 cm³/mol. The lowest BCUT2D eigenvalue weighted by molar-refractivity contribution is 1.46. The molecule has 0 saturated heterocycles. The molecule has 0 aliphatic heterocycles. The van der Waals surface area contributed by atoms with Crippen LogP contribution in [0.4, 0.5) is 0 Å². The number of hydrogen-bond donors (Lipinski definition) is 1. The highest BCUT2D eigenvalue weighted by Crippen LogP contribution is 2.22. The second kappa shape index (κ2) is 3.29. The van der Waals surface area contributed by atoms with Crippen LogP contribution in [-0.4, -0.2) is 4.98 Å². The van der Waals surface area contributed by atoms with Crippen molar-refractivity contribution in [1.82, 2.24) is 4.98 Å². The third-order valence-electron chi connectivity index (χ3n) is 1.53. The SMILES string of the molecule is S/C=C/c1nc2ccccc2s1. The van der Waals surface area contributed by atoms with Crippen molar-refractivity contribution in [2.45, 2.75) is 0 Å². The molecule has 0 saturated carbocycles. The van der Waals surface area contributed by atoms with Gasteiger partial charge in [-0.2, -0.15) is 12.6 Å². The maximum absolute atomic E-state index is 4.39. The van der Waals surface area contributed by atoms with Crippen molar-refractivity contribution in [2.24, 2.45) is 0 Å². The van der Waals surface area contributed by atoms with E-state index >= 15 is 0 Å². The van der Waals surface area contributed by atoms with E-state index < -0.39 is 0 Å². The Bertz CT molecular complexity index is 384. The fourth-order valence-electron chi connectivity index (χ4n) is 1.03. The van der Waals surface area contributed by atoms with Gasteiger partial charge in [-0.1, -0.05) is 12.1 Å². The first-order chi connectivity index (χ1) is 5.90. The highest BCUT2D eigenvalue weighted by atomic mass is 32.1. The summed E-state index contributed by atoms with van der Waals surface area (Å²) in [5.41, 5.74) is 1.06. The van der Waals surface area contributed by atoms with Gasteiger partial charge in [-0.15, -0.1) is 11.3 Å². The van der Waals surface area contributed by atoms with Gasteiger partial charge >= 0.3 is 0 Å². The summed E-state index contributed by atoms with van der Waals surface area (Å²) in [5.74, 6) is 0. The Morgan fingerprint density at radius 3 is 2.92 bits per heavy atom. The van der Waals surface area contributed by atoms with E-state index in [-0.39, 0.29) is 0 Å². The van der Waals surface area contributed by atoms with Gasteiger partial charge in [0.25, 0.3) is 0 Å². The molecule has 0 aliphatic carbocycles. The van der Waals surface area contributed by atoms with E-state index in [9.17, 15) is 0 Å². The molecular weight excluding hydrogens is 186 g/mol. The first-order valence-electron chi connectivity index (χ1n) is 3.56. The minimum Gasteiger partial charge on any atom is -0.237 e. The fourth-order valence-corrected chi connectivity index (χ4v) is 2.14. The van der Waals surface area contributed by atoms with Crippen molar-refractivity contribution in [3.05, 3.63) is 34.7 Å². The number of para-hydroxylation sites is 1. The van der Waals surface area contributed by atoms with Crippen molar-refractivity contribution in [1.29, 1.82) is 0 Å². The lowest BCUT2D eigenvalue weighted by Crippen LogP contribution is -1.66. The average molecular weight is 193 g/mol. The minimum atomic E-state index is 1.01. The van der Waals surface area contributed by atoms with Gasteiger partial charge in [0.15, 0.2) is 0 Å². The van der Waals surface area contributed by atoms with Crippen molar-refractivity contribution in [3.8, 4) is 0 Å². The number of fused-ring (bicyclic) bond motifs is 1. The Balaban J connectivity index is 2.62. The Morgan fingerprint density at radius 2 is 2.17 bits per heavy atom. The van der Waals surface area contributed by atoms with Crippen LogP contribution in [0.3, 0.4) is 0 Å². The van der Waals surface area contributed by atoms with Crippen molar-refractivity contribution in [2.75, 3.05) is 0 Å². The quantitative estimate of drug-likeness (QED) is 0.686. The van der Waals surface area contributed by atoms with E-state index in [0.717, 1.165) is 10.5 Å². The fraction of sp³-hybridized carbons (Fsp3) is 0. The summed E-state index contributed by atoms with van der Waals surface area (Å²) < 4.78 is 1.22.